The molecule has 0 fully saturated rings. The van der Waals surface area contributed by atoms with Crippen molar-refractivity contribution < 1.29 is 0 Å². The maximum atomic E-state index is 4.81. The molecule has 0 aliphatic heterocycles. The predicted octanol–water partition coefficient (Wildman–Crippen LogP) is 4.03. The maximum absolute atomic E-state index is 4.81. The van der Waals surface area contributed by atoms with Crippen molar-refractivity contribution in [2.75, 3.05) is 0 Å². The summed E-state index contributed by atoms with van der Waals surface area (Å²) in [5.74, 6) is 1.41. The fourth-order valence-electron chi connectivity index (χ4n) is 2.96. The molecule has 0 saturated carbocycles. The Kier molecular flexibility index (Phi) is 3.03. The zero-order chi connectivity index (χ0) is 16.6. The minimum Gasteiger partial charge on any atom is -0.228 e. The van der Waals surface area contributed by atoms with Crippen molar-refractivity contribution in [1.29, 1.82) is 0 Å². The van der Waals surface area contributed by atoms with Crippen molar-refractivity contribution in [1.82, 2.24) is 25.0 Å². The summed E-state index contributed by atoms with van der Waals surface area (Å²) in [6.07, 6.45) is 0. The Labute approximate surface area is 143 Å². The minimum absolute atomic E-state index is 0.675. The van der Waals surface area contributed by atoms with Gasteiger partial charge in [-0.25, -0.2) is 9.97 Å². The Bertz CT molecular complexity index is 1190. The van der Waals surface area contributed by atoms with Crippen LogP contribution in [0.3, 0.4) is 0 Å². The number of aromatic nitrogens is 5. The lowest BCUT2D eigenvalue weighted by Crippen LogP contribution is -2.04. The summed E-state index contributed by atoms with van der Waals surface area (Å²) >= 11 is 0. The van der Waals surface area contributed by atoms with Crippen LogP contribution in [0.25, 0.3) is 39.1 Å². The van der Waals surface area contributed by atoms with Gasteiger partial charge in [0.25, 0.3) is 0 Å². The zero-order valence-electron chi connectivity index (χ0n) is 13.2. The van der Waals surface area contributed by atoms with E-state index in [1.807, 2.05) is 78.9 Å². The monoisotopic (exact) mass is 323 g/mol. The number of nitrogens with zero attached hydrogens (tertiary/aromatic N) is 5. The summed E-state index contributed by atoms with van der Waals surface area (Å²) in [7, 11) is 0. The molecule has 3 aromatic carbocycles. The minimum atomic E-state index is 0.675. The van der Waals surface area contributed by atoms with E-state index in [0.717, 1.165) is 33.3 Å². The van der Waals surface area contributed by atoms with Gasteiger partial charge in [0.15, 0.2) is 11.6 Å². The highest BCUT2D eigenvalue weighted by molar-refractivity contribution is 5.89. The van der Waals surface area contributed by atoms with Gasteiger partial charge in [0.2, 0.25) is 0 Å². The van der Waals surface area contributed by atoms with Crippen LogP contribution in [0.1, 0.15) is 0 Å². The smallest absolute Gasteiger partial charge is 0.167 e. The van der Waals surface area contributed by atoms with E-state index in [-0.39, 0.29) is 0 Å². The molecule has 5 heteroatoms. The van der Waals surface area contributed by atoms with Crippen LogP contribution in [-0.4, -0.2) is 25.0 Å². The molecule has 25 heavy (non-hydrogen) atoms. The van der Waals surface area contributed by atoms with Crippen molar-refractivity contribution in [2.45, 2.75) is 0 Å². The largest absolute Gasteiger partial charge is 0.228 e. The van der Waals surface area contributed by atoms with Crippen molar-refractivity contribution in [3.8, 4) is 17.2 Å². The van der Waals surface area contributed by atoms with Crippen LogP contribution < -0.4 is 0 Å². The second-order valence-corrected chi connectivity index (χ2v) is 5.74. The Morgan fingerprint density at radius 1 is 0.640 bits per heavy atom. The number of para-hydroxylation sites is 2. The van der Waals surface area contributed by atoms with E-state index < -0.39 is 0 Å². The summed E-state index contributed by atoms with van der Waals surface area (Å²) in [4.78, 5) is 9.54. The van der Waals surface area contributed by atoms with Gasteiger partial charge in [-0.2, -0.15) is 4.68 Å². The third kappa shape index (κ3) is 2.25. The van der Waals surface area contributed by atoms with E-state index in [2.05, 4.69) is 10.3 Å². The van der Waals surface area contributed by atoms with Crippen molar-refractivity contribution >= 4 is 21.9 Å². The number of benzene rings is 3. The second-order valence-electron chi connectivity index (χ2n) is 5.74. The molecule has 0 amide bonds. The Morgan fingerprint density at radius 2 is 1.36 bits per heavy atom. The molecule has 118 valence electrons. The first-order valence-corrected chi connectivity index (χ1v) is 8.03. The van der Waals surface area contributed by atoms with Gasteiger partial charge < -0.3 is 0 Å². The summed E-state index contributed by atoms with van der Waals surface area (Å²) in [5, 5.41) is 9.53. The van der Waals surface area contributed by atoms with E-state index in [1.54, 1.807) is 4.68 Å². The molecule has 0 aliphatic rings. The van der Waals surface area contributed by atoms with Crippen LogP contribution in [0.4, 0.5) is 0 Å². The number of fused-ring (bicyclic) bond motifs is 2. The van der Waals surface area contributed by atoms with Crippen LogP contribution in [0.5, 0.6) is 0 Å². The third-order valence-corrected chi connectivity index (χ3v) is 4.17. The first kappa shape index (κ1) is 13.8. The molecular weight excluding hydrogens is 310 g/mol. The van der Waals surface area contributed by atoms with Gasteiger partial charge in [0, 0.05) is 10.9 Å². The normalized spacial score (nSPS) is 11.2. The van der Waals surface area contributed by atoms with Crippen LogP contribution in [0, 0.1) is 0 Å². The third-order valence-electron chi connectivity index (χ3n) is 4.17. The van der Waals surface area contributed by atoms with Gasteiger partial charge >= 0.3 is 0 Å². The molecule has 2 heterocycles. The number of rotatable bonds is 2. The van der Waals surface area contributed by atoms with Crippen LogP contribution in [0.15, 0.2) is 78.9 Å². The highest BCUT2D eigenvalue weighted by Gasteiger charge is 2.14. The van der Waals surface area contributed by atoms with E-state index in [4.69, 9.17) is 9.97 Å². The average Bonchev–Trinajstić information content (AvgIpc) is 3.12. The lowest BCUT2D eigenvalue weighted by molar-refractivity contribution is 0.806. The molecular formula is C20H13N5. The van der Waals surface area contributed by atoms with Crippen molar-refractivity contribution in [3.05, 3.63) is 78.9 Å². The molecule has 0 unspecified atom stereocenters. The Balaban J connectivity index is 1.85. The van der Waals surface area contributed by atoms with Gasteiger partial charge in [-0.3, -0.25) is 0 Å². The topological polar surface area (TPSA) is 56.5 Å². The van der Waals surface area contributed by atoms with Gasteiger partial charge in [-0.1, -0.05) is 59.8 Å². The summed E-state index contributed by atoms with van der Waals surface area (Å²) < 4.78 is 1.78. The van der Waals surface area contributed by atoms with Crippen molar-refractivity contribution in [2.24, 2.45) is 0 Å². The van der Waals surface area contributed by atoms with Gasteiger partial charge in [0.1, 0.15) is 5.52 Å². The molecule has 5 aromatic rings. The SMILES string of the molecule is c1ccc(-c2nc(-n3nnc4ccccc43)c3ccccc3n2)cc1. The highest BCUT2D eigenvalue weighted by atomic mass is 15.4. The number of hydrogen-bond acceptors (Lipinski definition) is 4. The quantitative estimate of drug-likeness (QED) is 0.492. The van der Waals surface area contributed by atoms with Gasteiger partial charge in [0.05, 0.1) is 11.0 Å². The molecule has 0 radical (unpaired) electrons. The van der Waals surface area contributed by atoms with Gasteiger partial charge in [-0.05, 0) is 24.3 Å². The van der Waals surface area contributed by atoms with E-state index in [9.17, 15) is 0 Å². The molecule has 0 aliphatic carbocycles. The molecule has 0 saturated heterocycles. The van der Waals surface area contributed by atoms with Crippen LogP contribution in [-0.2, 0) is 0 Å². The van der Waals surface area contributed by atoms with Crippen molar-refractivity contribution in [3.63, 3.8) is 0 Å². The Hall–Kier alpha value is -3.60. The summed E-state index contributed by atoms with van der Waals surface area (Å²) in [5.41, 5.74) is 3.61. The van der Waals surface area contributed by atoms with E-state index in [0.29, 0.717) is 5.82 Å². The Morgan fingerprint density at radius 3 is 2.24 bits per heavy atom. The molecule has 0 spiro atoms. The fourth-order valence-corrected chi connectivity index (χ4v) is 2.96. The fraction of sp³-hybridized carbons (Fsp3) is 0. The van der Waals surface area contributed by atoms with Crippen LogP contribution >= 0.6 is 0 Å². The average molecular weight is 323 g/mol. The molecule has 5 nitrogen and oxygen atoms in total. The second kappa shape index (κ2) is 5.49. The molecule has 0 N–H and O–H groups in total. The van der Waals surface area contributed by atoms with Crippen LogP contribution in [0.2, 0.25) is 0 Å². The lowest BCUT2D eigenvalue weighted by atomic mass is 10.2. The zero-order valence-corrected chi connectivity index (χ0v) is 13.2. The van der Waals surface area contributed by atoms with E-state index in [1.165, 1.54) is 0 Å². The standard InChI is InChI=1S/C20H13N5/c1-2-8-14(9-3-1)19-21-16-11-5-4-10-15(16)20(22-19)25-18-13-7-6-12-17(18)23-24-25/h1-13H. The summed E-state index contributed by atoms with van der Waals surface area (Å²) in [6, 6.07) is 25.8. The maximum Gasteiger partial charge on any atom is 0.167 e. The molecule has 2 aromatic heterocycles. The first-order valence-electron chi connectivity index (χ1n) is 8.03. The molecule has 5 rings (SSSR count). The van der Waals surface area contributed by atoms with E-state index >= 15 is 0 Å². The molecule has 0 atom stereocenters. The first-order chi connectivity index (χ1) is 12.4. The predicted molar refractivity (Wildman–Crippen MR) is 97.4 cm³/mol. The lowest BCUT2D eigenvalue weighted by Gasteiger charge is -2.09. The number of hydrogen-bond donors (Lipinski definition) is 0. The molecule has 0 bridgehead atoms. The van der Waals surface area contributed by atoms with Gasteiger partial charge in [-0.15, -0.1) is 5.10 Å². The highest BCUT2D eigenvalue weighted by Crippen LogP contribution is 2.25. The summed E-state index contributed by atoms with van der Waals surface area (Å²) in [6.45, 7) is 0.